The summed E-state index contributed by atoms with van der Waals surface area (Å²) in [5, 5.41) is 4.42. The number of esters is 1. The van der Waals surface area contributed by atoms with Gasteiger partial charge < -0.3 is 9.47 Å². The maximum atomic E-state index is 12.9. The van der Waals surface area contributed by atoms with Crippen LogP contribution in [0, 0.1) is 20.8 Å². The lowest BCUT2D eigenvalue weighted by atomic mass is 10.0. The number of ether oxygens (including phenoxy) is 2. The second kappa shape index (κ2) is 8.79. The number of benzene rings is 2. The van der Waals surface area contributed by atoms with Crippen LogP contribution in [-0.4, -0.2) is 32.5 Å². The highest BCUT2D eigenvalue weighted by Crippen LogP contribution is 2.29. The maximum Gasteiger partial charge on any atom is 0.351 e. The van der Waals surface area contributed by atoms with Crippen LogP contribution in [0.1, 0.15) is 43.3 Å². The van der Waals surface area contributed by atoms with Crippen LogP contribution >= 0.6 is 0 Å². The lowest BCUT2D eigenvalue weighted by Crippen LogP contribution is -2.40. The molecule has 3 rings (SSSR count). The van der Waals surface area contributed by atoms with Crippen LogP contribution in [0.4, 0.5) is 0 Å². The minimum atomic E-state index is -1.10. The standard InChI is InChI=1S/C24H29N3O4/c1-7-30-22(28)24(5,6)31-21-16(2)13-19(14-17(21)3)15-26-18(4)25-27(23(26)29)20-11-9-8-10-12-20/h8-14H,7,15H2,1-6H3. The number of para-hydroxylation sites is 1. The van der Waals surface area contributed by atoms with Gasteiger partial charge in [0.05, 0.1) is 18.8 Å². The van der Waals surface area contributed by atoms with Crippen LogP contribution in [0.15, 0.2) is 47.3 Å². The number of aromatic nitrogens is 3. The lowest BCUT2D eigenvalue weighted by molar-refractivity contribution is -0.158. The molecule has 3 aromatic rings. The van der Waals surface area contributed by atoms with E-state index in [9.17, 15) is 9.59 Å². The van der Waals surface area contributed by atoms with Crippen LogP contribution in [0.5, 0.6) is 5.75 Å². The van der Waals surface area contributed by atoms with Crippen LogP contribution < -0.4 is 10.4 Å². The zero-order valence-electron chi connectivity index (χ0n) is 18.9. The first kappa shape index (κ1) is 22.3. The Bertz CT molecular complexity index is 1120. The van der Waals surface area contributed by atoms with Crippen molar-refractivity contribution in [1.82, 2.24) is 14.3 Å². The third kappa shape index (κ3) is 4.71. The molecule has 7 heteroatoms. The van der Waals surface area contributed by atoms with Crippen molar-refractivity contribution in [3.8, 4) is 11.4 Å². The average Bonchev–Trinajstić information content (AvgIpc) is 3.00. The van der Waals surface area contributed by atoms with E-state index in [1.54, 1.807) is 25.3 Å². The molecule has 0 saturated heterocycles. The van der Waals surface area contributed by atoms with Gasteiger partial charge in [-0.3, -0.25) is 4.57 Å². The van der Waals surface area contributed by atoms with Gasteiger partial charge in [-0.1, -0.05) is 30.3 Å². The van der Waals surface area contributed by atoms with E-state index >= 15 is 0 Å². The fraction of sp³-hybridized carbons (Fsp3) is 0.375. The van der Waals surface area contributed by atoms with Gasteiger partial charge in [-0.15, -0.1) is 0 Å². The van der Waals surface area contributed by atoms with E-state index in [1.807, 2.05) is 63.2 Å². The molecule has 0 spiro atoms. The molecule has 0 amide bonds. The van der Waals surface area contributed by atoms with Crippen LogP contribution in [0.3, 0.4) is 0 Å². The fourth-order valence-electron chi connectivity index (χ4n) is 3.49. The van der Waals surface area contributed by atoms with E-state index in [-0.39, 0.29) is 5.69 Å². The van der Waals surface area contributed by atoms with Gasteiger partial charge in [-0.25, -0.2) is 9.59 Å². The van der Waals surface area contributed by atoms with E-state index in [2.05, 4.69) is 5.10 Å². The first-order valence-corrected chi connectivity index (χ1v) is 10.3. The number of hydrogen-bond donors (Lipinski definition) is 0. The summed E-state index contributed by atoms with van der Waals surface area (Å²) in [6.45, 7) is 11.5. The SMILES string of the molecule is CCOC(=O)C(C)(C)Oc1c(C)cc(Cn2c(C)nn(-c3ccccc3)c2=O)cc1C. The van der Waals surface area contributed by atoms with E-state index in [4.69, 9.17) is 9.47 Å². The number of aryl methyl sites for hydroxylation is 3. The quantitative estimate of drug-likeness (QED) is 0.542. The smallest absolute Gasteiger partial charge is 0.351 e. The zero-order valence-corrected chi connectivity index (χ0v) is 18.9. The van der Waals surface area contributed by atoms with Crippen molar-refractivity contribution in [2.45, 2.75) is 53.7 Å². The molecular formula is C24H29N3O4. The molecule has 0 aliphatic heterocycles. The van der Waals surface area contributed by atoms with E-state index in [0.29, 0.717) is 24.7 Å². The molecule has 0 fully saturated rings. The second-order valence-corrected chi connectivity index (χ2v) is 8.05. The number of carbonyl (C=O) groups is 1. The zero-order chi connectivity index (χ0) is 22.8. The van der Waals surface area contributed by atoms with Gasteiger partial charge in [0.25, 0.3) is 0 Å². The number of hydrogen-bond acceptors (Lipinski definition) is 5. The third-order valence-electron chi connectivity index (χ3n) is 5.03. The molecule has 1 aromatic heterocycles. The monoisotopic (exact) mass is 423 g/mol. The summed E-state index contributed by atoms with van der Waals surface area (Å²) in [5.74, 6) is 0.868. The first-order valence-electron chi connectivity index (χ1n) is 10.3. The molecule has 31 heavy (non-hydrogen) atoms. The van der Waals surface area contributed by atoms with Crippen molar-refractivity contribution in [3.63, 3.8) is 0 Å². The molecule has 164 valence electrons. The predicted molar refractivity (Wildman–Crippen MR) is 119 cm³/mol. The molecule has 0 aliphatic rings. The summed E-state index contributed by atoms with van der Waals surface area (Å²) in [5.41, 5.74) is 2.16. The molecule has 0 atom stereocenters. The Morgan fingerprint density at radius 1 is 1.06 bits per heavy atom. The maximum absolute atomic E-state index is 12.9. The van der Waals surface area contributed by atoms with Crippen molar-refractivity contribution >= 4 is 5.97 Å². The Labute approximate surface area is 182 Å². The van der Waals surface area contributed by atoms with Gasteiger partial charge in [-0.2, -0.15) is 9.78 Å². The topological polar surface area (TPSA) is 75.3 Å². The van der Waals surface area contributed by atoms with E-state index in [1.165, 1.54) is 4.68 Å². The molecule has 7 nitrogen and oxygen atoms in total. The summed E-state index contributed by atoms with van der Waals surface area (Å²) in [4.78, 5) is 25.1. The van der Waals surface area contributed by atoms with Crippen molar-refractivity contribution in [1.29, 1.82) is 0 Å². The van der Waals surface area contributed by atoms with Crippen LogP contribution in [0.2, 0.25) is 0 Å². The predicted octanol–water partition coefficient (Wildman–Crippen LogP) is 3.73. The third-order valence-corrected chi connectivity index (χ3v) is 5.03. The Balaban J connectivity index is 1.89. The van der Waals surface area contributed by atoms with Crippen molar-refractivity contribution in [3.05, 3.63) is 75.5 Å². The van der Waals surface area contributed by atoms with Gasteiger partial charge in [-0.05, 0) is 70.4 Å². The van der Waals surface area contributed by atoms with Gasteiger partial charge in [0.15, 0.2) is 5.60 Å². The number of rotatable bonds is 7. The molecule has 0 radical (unpaired) electrons. The largest absolute Gasteiger partial charge is 0.476 e. The first-order chi connectivity index (χ1) is 14.6. The highest BCUT2D eigenvalue weighted by Gasteiger charge is 2.32. The molecule has 0 saturated carbocycles. The summed E-state index contributed by atoms with van der Waals surface area (Å²) >= 11 is 0. The Kier molecular flexibility index (Phi) is 6.34. The highest BCUT2D eigenvalue weighted by atomic mass is 16.6. The van der Waals surface area contributed by atoms with Gasteiger partial charge in [0.1, 0.15) is 11.6 Å². The Hall–Kier alpha value is -3.35. The molecule has 0 bridgehead atoms. The van der Waals surface area contributed by atoms with Crippen molar-refractivity contribution in [2.24, 2.45) is 0 Å². The molecule has 0 N–H and O–H groups in total. The highest BCUT2D eigenvalue weighted by molar-refractivity contribution is 5.79. The minimum absolute atomic E-state index is 0.192. The second-order valence-electron chi connectivity index (χ2n) is 8.05. The minimum Gasteiger partial charge on any atom is -0.476 e. The molecule has 1 heterocycles. The fourth-order valence-corrected chi connectivity index (χ4v) is 3.49. The molecule has 2 aromatic carbocycles. The normalized spacial score (nSPS) is 11.4. The number of carbonyl (C=O) groups excluding carboxylic acids is 1. The summed E-state index contributed by atoms with van der Waals surface area (Å²) < 4.78 is 14.2. The van der Waals surface area contributed by atoms with Gasteiger partial charge in [0.2, 0.25) is 0 Å². The van der Waals surface area contributed by atoms with E-state index in [0.717, 1.165) is 22.4 Å². The van der Waals surface area contributed by atoms with Crippen molar-refractivity contribution < 1.29 is 14.3 Å². The summed E-state index contributed by atoms with van der Waals surface area (Å²) in [7, 11) is 0. The lowest BCUT2D eigenvalue weighted by Gasteiger charge is -2.26. The summed E-state index contributed by atoms with van der Waals surface area (Å²) in [6.07, 6.45) is 0. The molecule has 0 aliphatic carbocycles. The van der Waals surface area contributed by atoms with Crippen LogP contribution in [0.25, 0.3) is 5.69 Å². The summed E-state index contributed by atoms with van der Waals surface area (Å²) in [6, 6.07) is 13.3. The Morgan fingerprint density at radius 2 is 1.68 bits per heavy atom. The molecular weight excluding hydrogens is 394 g/mol. The van der Waals surface area contributed by atoms with Gasteiger partial charge >= 0.3 is 11.7 Å². The molecule has 0 unspecified atom stereocenters. The van der Waals surface area contributed by atoms with Crippen molar-refractivity contribution in [2.75, 3.05) is 6.61 Å². The Morgan fingerprint density at radius 3 is 2.26 bits per heavy atom. The van der Waals surface area contributed by atoms with Crippen LogP contribution in [-0.2, 0) is 16.1 Å². The average molecular weight is 424 g/mol. The van der Waals surface area contributed by atoms with Gasteiger partial charge in [0, 0.05) is 0 Å². The number of nitrogens with zero attached hydrogens (tertiary/aromatic N) is 3. The van der Waals surface area contributed by atoms with E-state index < -0.39 is 11.6 Å².